The van der Waals surface area contributed by atoms with Gasteiger partial charge >= 0.3 is 19.8 Å². The van der Waals surface area contributed by atoms with Crippen molar-refractivity contribution in [3.05, 3.63) is 97.2 Å². The van der Waals surface area contributed by atoms with Crippen LogP contribution >= 0.6 is 7.82 Å². The number of rotatable bonds is 55. The van der Waals surface area contributed by atoms with Gasteiger partial charge in [-0.2, -0.15) is 0 Å². The smallest absolute Gasteiger partial charge is 0.462 e. The quantitative estimate of drug-likeness (QED) is 0.0211. The summed E-state index contributed by atoms with van der Waals surface area (Å²) in [5.74, 6) is -0.846. The molecule has 9 nitrogen and oxygen atoms in total. The zero-order valence-electron chi connectivity index (χ0n) is 49.0. The molecular weight excluding hydrogens is 954 g/mol. The Labute approximate surface area is 462 Å². The van der Waals surface area contributed by atoms with Crippen LogP contribution < -0.4 is 0 Å². The average molecular weight is 1070 g/mol. The highest BCUT2D eigenvalue weighted by Crippen LogP contribution is 2.43. The number of ether oxygens (including phenoxy) is 2. The van der Waals surface area contributed by atoms with Crippen LogP contribution in [-0.2, 0) is 32.7 Å². The molecule has 0 fully saturated rings. The van der Waals surface area contributed by atoms with Gasteiger partial charge in [0, 0.05) is 12.8 Å². The van der Waals surface area contributed by atoms with Crippen LogP contribution in [0.1, 0.15) is 251 Å². The summed E-state index contributed by atoms with van der Waals surface area (Å²) in [4.78, 5) is 35.7. The predicted octanol–water partition coefficient (Wildman–Crippen LogP) is 19.2. The van der Waals surface area contributed by atoms with Crippen LogP contribution in [0.15, 0.2) is 97.2 Å². The molecule has 0 saturated heterocycles. The second kappa shape index (κ2) is 55.7. The number of quaternary nitrogens is 1. The minimum Gasteiger partial charge on any atom is -0.462 e. The van der Waals surface area contributed by atoms with E-state index in [0.29, 0.717) is 17.4 Å². The molecule has 1 N–H and O–H groups in total. The van der Waals surface area contributed by atoms with Gasteiger partial charge in [0.25, 0.3) is 0 Å². The highest BCUT2D eigenvalue weighted by Gasteiger charge is 2.27. The molecule has 432 valence electrons. The van der Waals surface area contributed by atoms with E-state index in [1.807, 2.05) is 21.1 Å². The molecule has 0 spiro atoms. The van der Waals surface area contributed by atoms with Gasteiger partial charge in [-0.25, -0.2) is 4.57 Å². The van der Waals surface area contributed by atoms with Gasteiger partial charge in [-0.05, 0) is 77.0 Å². The molecule has 0 aromatic carbocycles. The minimum absolute atomic E-state index is 0.0192. The number of allylic oxidation sites excluding steroid dienone is 16. The maximum absolute atomic E-state index is 12.8. The summed E-state index contributed by atoms with van der Waals surface area (Å²) in [6.07, 6.45) is 76.3. The molecule has 2 atom stereocenters. The number of phosphoric ester groups is 1. The Balaban J connectivity index is 4.24. The Morgan fingerprint density at radius 3 is 1.13 bits per heavy atom. The van der Waals surface area contributed by atoms with E-state index < -0.39 is 26.5 Å². The fourth-order valence-corrected chi connectivity index (χ4v) is 8.95. The van der Waals surface area contributed by atoms with Crippen molar-refractivity contribution in [3.8, 4) is 0 Å². The van der Waals surface area contributed by atoms with Gasteiger partial charge in [-0.1, -0.05) is 259 Å². The topological polar surface area (TPSA) is 108 Å². The van der Waals surface area contributed by atoms with Crippen LogP contribution in [0.3, 0.4) is 0 Å². The van der Waals surface area contributed by atoms with Crippen molar-refractivity contribution in [2.75, 3.05) is 47.5 Å². The maximum Gasteiger partial charge on any atom is 0.472 e. The second-order valence-electron chi connectivity index (χ2n) is 21.4. The van der Waals surface area contributed by atoms with Crippen molar-refractivity contribution in [2.45, 2.75) is 258 Å². The summed E-state index contributed by atoms with van der Waals surface area (Å²) in [5, 5.41) is 0. The van der Waals surface area contributed by atoms with Crippen molar-refractivity contribution in [1.82, 2.24) is 0 Å². The molecule has 0 radical (unpaired) electrons. The average Bonchev–Trinajstić information content (AvgIpc) is 3.37. The van der Waals surface area contributed by atoms with Crippen molar-refractivity contribution in [1.29, 1.82) is 0 Å². The molecule has 0 saturated carbocycles. The number of likely N-dealkylation sites (N-methyl/N-ethyl adjacent to an activating group) is 1. The molecule has 0 aliphatic carbocycles. The van der Waals surface area contributed by atoms with E-state index >= 15 is 0 Å². The molecule has 75 heavy (non-hydrogen) atoms. The van der Waals surface area contributed by atoms with Gasteiger partial charge in [0.15, 0.2) is 6.10 Å². The molecule has 10 heteroatoms. The number of hydrogen-bond donors (Lipinski definition) is 1. The first-order valence-electron chi connectivity index (χ1n) is 30.5. The SMILES string of the molecule is CC/C=C\C/C=C\C/C=C\C/C=C\C/C=C\C/C=C\C/C=C\C/C=C\CCCCC(=O)OC(COC(=O)CCCCCCCCCCCCCCCCCCCCCCCCCC)COP(=O)(O)OCC[N+](C)(C)C. The maximum atomic E-state index is 12.8. The minimum atomic E-state index is -4.41. The number of hydrogen-bond acceptors (Lipinski definition) is 7. The number of esters is 2. The third-order valence-corrected chi connectivity index (χ3v) is 13.9. The fourth-order valence-electron chi connectivity index (χ4n) is 8.21. The lowest BCUT2D eigenvalue weighted by molar-refractivity contribution is -0.870. The van der Waals surface area contributed by atoms with E-state index in [0.717, 1.165) is 83.5 Å². The highest BCUT2D eigenvalue weighted by atomic mass is 31.2. The molecule has 0 amide bonds. The summed E-state index contributed by atoms with van der Waals surface area (Å²) < 4.78 is 34.5. The summed E-state index contributed by atoms with van der Waals surface area (Å²) in [7, 11) is 1.44. The summed E-state index contributed by atoms with van der Waals surface area (Å²) in [5.41, 5.74) is 0. The molecule has 2 unspecified atom stereocenters. The van der Waals surface area contributed by atoms with Crippen LogP contribution in [0.5, 0.6) is 0 Å². The third-order valence-electron chi connectivity index (χ3n) is 12.9. The molecule has 0 heterocycles. The number of unbranched alkanes of at least 4 members (excludes halogenated alkanes) is 25. The Morgan fingerprint density at radius 1 is 0.427 bits per heavy atom. The lowest BCUT2D eigenvalue weighted by Crippen LogP contribution is -2.37. The van der Waals surface area contributed by atoms with Gasteiger partial charge in [0.1, 0.15) is 19.8 Å². The molecule has 0 aromatic heterocycles. The van der Waals surface area contributed by atoms with Gasteiger partial charge < -0.3 is 18.9 Å². The first-order valence-corrected chi connectivity index (χ1v) is 32.0. The zero-order valence-corrected chi connectivity index (χ0v) is 49.9. The third kappa shape index (κ3) is 60.0. The molecule has 0 bridgehead atoms. The second-order valence-corrected chi connectivity index (χ2v) is 22.8. The Hall–Kier alpha value is -3.07. The highest BCUT2D eigenvalue weighted by molar-refractivity contribution is 7.47. The Kier molecular flexibility index (Phi) is 53.4. The molecule has 0 rings (SSSR count). The summed E-state index contributed by atoms with van der Waals surface area (Å²) >= 11 is 0. The van der Waals surface area contributed by atoms with Crippen LogP contribution in [0.25, 0.3) is 0 Å². The first kappa shape index (κ1) is 71.9. The largest absolute Gasteiger partial charge is 0.472 e. The number of carbonyl (C=O) groups excluding carboxylic acids is 2. The Morgan fingerprint density at radius 2 is 0.760 bits per heavy atom. The Bertz CT molecular complexity index is 1590. The first-order chi connectivity index (χ1) is 36.5. The van der Waals surface area contributed by atoms with Crippen molar-refractivity contribution in [3.63, 3.8) is 0 Å². The number of phosphoric acid groups is 1. The normalized spacial score (nSPS) is 13.9. The fraction of sp³-hybridized carbons (Fsp3) is 0.723. The summed E-state index contributed by atoms with van der Waals surface area (Å²) in [6.45, 7) is 4.29. The predicted molar refractivity (Wildman–Crippen MR) is 321 cm³/mol. The van der Waals surface area contributed by atoms with Crippen LogP contribution in [0.2, 0.25) is 0 Å². The monoisotopic (exact) mass is 1070 g/mol. The lowest BCUT2D eigenvalue weighted by Gasteiger charge is -2.24. The van der Waals surface area contributed by atoms with Gasteiger partial charge in [-0.15, -0.1) is 0 Å². The van der Waals surface area contributed by atoms with Crippen LogP contribution in [-0.4, -0.2) is 74.9 Å². The zero-order chi connectivity index (χ0) is 54.9. The number of nitrogens with zero attached hydrogens (tertiary/aromatic N) is 1. The number of carbonyl (C=O) groups is 2. The summed E-state index contributed by atoms with van der Waals surface area (Å²) in [6, 6.07) is 0. The van der Waals surface area contributed by atoms with E-state index in [1.165, 1.54) is 135 Å². The van der Waals surface area contributed by atoms with E-state index in [2.05, 4.69) is 111 Å². The lowest BCUT2D eigenvalue weighted by atomic mass is 10.0. The van der Waals surface area contributed by atoms with E-state index in [9.17, 15) is 19.0 Å². The van der Waals surface area contributed by atoms with E-state index in [4.69, 9.17) is 18.5 Å². The molecular formula is C65H115NO8P+. The molecule has 0 aromatic rings. The van der Waals surface area contributed by atoms with Crippen molar-refractivity contribution >= 4 is 19.8 Å². The van der Waals surface area contributed by atoms with Crippen LogP contribution in [0, 0.1) is 0 Å². The molecule has 0 aliphatic rings. The van der Waals surface area contributed by atoms with Gasteiger partial charge in [0.05, 0.1) is 27.7 Å². The van der Waals surface area contributed by atoms with Gasteiger partial charge in [-0.3, -0.25) is 18.6 Å². The standard InChI is InChI=1S/C65H114NO8P/c1-6-8-10-12-14-16-18-20-22-24-26-28-30-32-33-34-36-38-40-42-44-46-48-50-52-54-56-58-65(68)74-63(62-73-75(69,70)72-60-59-66(3,4)5)61-71-64(67)57-55-53-51-49-47-45-43-41-39-37-35-31-29-27-25-23-21-19-17-15-13-11-9-7-2/h8,10,14,16,20,22,26,28,32-33,36,38,42,44,48,50,63H,6-7,9,11-13,15,17-19,21,23-25,27,29-31,34-35,37,39-41,43,45-47,49,51-62H2,1-5H3/p+1/b10-8-,16-14-,22-20-,28-26-,33-32-,38-36-,44-42-,50-48-. The van der Waals surface area contributed by atoms with E-state index in [1.54, 1.807) is 0 Å². The van der Waals surface area contributed by atoms with Crippen LogP contribution in [0.4, 0.5) is 0 Å². The van der Waals surface area contributed by atoms with Crippen molar-refractivity contribution in [2.24, 2.45) is 0 Å². The van der Waals surface area contributed by atoms with E-state index in [-0.39, 0.29) is 32.0 Å². The van der Waals surface area contributed by atoms with Crippen molar-refractivity contribution < 1.29 is 42.1 Å². The molecule has 0 aliphatic heterocycles. The van der Waals surface area contributed by atoms with Gasteiger partial charge in [0.2, 0.25) is 0 Å².